The average Bonchev–Trinajstić information content (AvgIpc) is 2.76. The molecule has 3 rings (SSSR count). The Morgan fingerprint density at radius 1 is 1.18 bits per heavy atom. The van der Waals surface area contributed by atoms with Gasteiger partial charge in [-0.25, -0.2) is 4.79 Å². The van der Waals surface area contributed by atoms with Crippen molar-refractivity contribution in [2.75, 3.05) is 13.7 Å². The van der Waals surface area contributed by atoms with E-state index in [1.807, 2.05) is 45.0 Å². The maximum Gasteiger partial charge on any atom is 0.337 e. The first-order valence-corrected chi connectivity index (χ1v) is 11.5. The van der Waals surface area contributed by atoms with Crippen molar-refractivity contribution in [1.29, 1.82) is 0 Å². The lowest BCUT2D eigenvalue weighted by atomic mass is 9.69. The van der Waals surface area contributed by atoms with Crippen LogP contribution >= 0.6 is 0 Å². The third-order valence-corrected chi connectivity index (χ3v) is 5.99. The SMILES string of the molecule is CCCOc1ccc([C@@H]2C(C(=O)OC(C)C)=C(C)NC3=C2C(=O)[C@@H](C(=O)OC)[C@H](C)C3)cc1. The summed E-state index contributed by atoms with van der Waals surface area (Å²) >= 11 is 0. The smallest absolute Gasteiger partial charge is 0.337 e. The summed E-state index contributed by atoms with van der Waals surface area (Å²) in [4.78, 5) is 39.3. The molecule has 0 bridgehead atoms. The van der Waals surface area contributed by atoms with Gasteiger partial charge in [0.1, 0.15) is 11.7 Å². The Labute approximate surface area is 195 Å². The van der Waals surface area contributed by atoms with Crippen LogP contribution in [0.4, 0.5) is 0 Å². The molecule has 1 aromatic carbocycles. The Bertz CT molecular complexity index is 989. The molecule has 2 aliphatic rings. The predicted molar refractivity (Wildman–Crippen MR) is 123 cm³/mol. The van der Waals surface area contributed by atoms with Gasteiger partial charge in [-0.15, -0.1) is 0 Å². The van der Waals surface area contributed by atoms with Crippen LogP contribution in [0.5, 0.6) is 5.75 Å². The molecule has 33 heavy (non-hydrogen) atoms. The number of carbonyl (C=O) groups is 3. The summed E-state index contributed by atoms with van der Waals surface area (Å²) in [6.07, 6.45) is 1.07. The van der Waals surface area contributed by atoms with E-state index in [2.05, 4.69) is 5.32 Å². The topological polar surface area (TPSA) is 90.9 Å². The van der Waals surface area contributed by atoms with E-state index in [1.165, 1.54) is 7.11 Å². The van der Waals surface area contributed by atoms with E-state index in [9.17, 15) is 14.4 Å². The number of nitrogens with one attached hydrogen (secondary N) is 1. The Hall–Kier alpha value is -3.09. The predicted octanol–water partition coefficient (Wildman–Crippen LogP) is 4.04. The number of carbonyl (C=O) groups excluding carboxylic acids is 3. The highest BCUT2D eigenvalue weighted by molar-refractivity contribution is 6.12. The van der Waals surface area contributed by atoms with Gasteiger partial charge in [-0.05, 0) is 57.2 Å². The Morgan fingerprint density at radius 3 is 2.42 bits per heavy atom. The molecule has 0 saturated heterocycles. The van der Waals surface area contributed by atoms with Gasteiger partial charge in [-0.2, -0.15) is 0 Å². The van der Waals surface area contributed by atoms with Crippen molar-refractivity contribution < 1.29 is 28.6 Å². The summed E-state index contributed by atoms with van der Waals surface area (Å²) < 4.78 is 16.2. The Morgan fingerprint density at radius 2 is 1.85 bits per heavy atom. The van der Waals surface area contributed by atoms with E-state index in [4.69, 9.17) is 14.2 Å². The lowest BCUT2D eigenvalue weighted by Crippen LogP contribution is -2.43. The number of Topliss-reactive ketones (excluding diaryl/α,β-unsaturated/α-hetero) is 1. The first-order valence-electron chi connectivity index (χ1n) is 11.5. The van der Waals surface area contributed by atoms with Crippen LogP contribution < -0.4 is 10.1 Å². The molecule has 1 N–H and O–H groups in total. The molecule has 0 aromatic heterocycles. The van der Waals surface area contributed by atoms with Gasteiger partial charge in [0.15, 0.2) is 5.78 Å². The zero-order chi connectivity index (χ0) is 24.3. The van der Waals surface area contributed by atoms with E-state index >= 15 is 0 Å². The molecule has 0 amide bonds. The van der Waals surface area contributed by atoms with Crippen molar-refractivity contribution in [3.63, 3.8) is 0 Å². The van der Waals surface area contributed by atoms with E-state index in [0.717, 1.165) is 17.7 Å². The average molecular weight is 456 g/mol. The van der Waals surface area contributed by atoms with Gasteiger partial charge < -0.3 is 19.5 Å². The minimum atomic E-state index is -0.911. The van der Waals surface area contributed by atoms with E-state index in [1.54, 1.807) is 13.8 Å². The summed E-state index contributed by atoms with van der Waals surface area (Å²) in [6.45, 7) is 9.87. The lowest BCUT2D eigenvalue weighted by molar-refractivity contribution is -0.151. The molecule has 1 aromatic rings. The Kier molecular flexibility index (Phi) is 7.61. The van der Waals surface area contributed by atoms with Gasteiger partial charge in [0, 0.05) is 22.9 Å². The maximum atomic E-state index is 13.7. The van der Waals surface area contributed by atoms with Gasteiger partial charge in [-0.3, -0.25) is 9.59 Å². The monoisotopic (exact) mass is 455 g/mol. The molecule has 0 spiro atoms. The highest BCUT2D eigenvalue weighted by Gasteiger charge is 2.47. The second-order valence-electron chi connectivity index (χ2n) is 8.91. The van der Waals surface area contributed by atoms with Gasteiger partial charge in [-0.1, -0.05) is 26.0 Å². The minimum Gasteiger partial charge on any atom is -0.494 e. The lowest BCUT2D eigenvalue weighted by Gasteiger charge is -2.38. The number of hydrogen-bond donors (Lipinski definition) is 1. The second kappa shape index (κ2) is 10.2. The highest BCUT2D eigenvalue weighted by Crippen LogP contribution is 2.45. The van der Waals surface area contributed by atoms with Crippen LogP contribution in [0.1, 0.15) is 58.9 Å². The maximum absolute atomic E-state index is 13.7. The van der Waals surface area contributed by atoms with Crippen LogP contribution in [0, 0.1) is 11.8 Å². The fraction of sp³-hybridized carbons (Fsp3) is 0.500. The minimum absolute atomic E-state index is 0.223. The fourth-order valence-corrected chi connectivity index (χ4v) is 4.54. The summed E-state index contributed by atoms with van der Waals surface area (Å²) in [7, 11) is 1.29. The van der Waals surface area contributed by atoms with Crippen LogP contribution in [0.3, 0.4) is 0 Å². The molecule has 1 aliphatic carbocycles. The van der Waals surface area contributed by atoms with Crippen molar-refractivity contribution in [1.82, 2.24) is 5.32 Å². The third kappa shape index (κ3) is 4.97. The van der Waals surface area contributed by atoms with Crippen molar-refractivity contribution in [3.8, 4) is 5.75 Å². The quantitative estimate of drug-likeness (QED) is 0.490. The van der Waals surface area contributed by atoms with Crippen LogP contribution in [-0.4, -0.2) is 37.5 Å². The number of ether oxygens (including phenoxy) is 3. The molecule has 0 fully saturated rings. The third-order valence-electron chi connectivity index (χ3n) is 5.99. The number of esters is 2. The second-order valence-corrected chi connectivity index (χ2v) is 8.91. The van der Waals surface area contributed by atoms with Crippen molar-refractivity contribution in [2.24, 2.45) is 11.8 Å². The first-order chi connectivity index (χ1) is 15.7. The van der Waals surface area contributed by atoms with Crippen molar-refractivity contribution in [3.05, 3.63) is 52.4 Å². The summed E-state index contributed by atoms with van der Waals surface area (Å²) in [6, 6.07) is 7.39. The Balaban J connectivity index is 2.12. The molecule has 3 atom stereocenters. The fourth-order valence-electron chi connectivity index (χ4n) is 4.54. The molecule has 7 nitrogen and oxygen atoms in total. The number of ketones is 1. The van der Waals surface area contributed by atoms with Crippen LogP contribution in [0.25, 0.3) is 0 Å². The van der Waals surface area contributed by atoms with Crippen LogP contribution in [0.15, 0.2) is 46.8 Å². The van der Waals surface area contributed by atoms with E-state index < -0.39 is 23.8 Å². The number of methoxy groups -OCH3 is 1. The molecule has 0 radical (unpaired) electrons. The van der Waals surface area contributed by atoms with Gasteiger partial charge in [0.25, 0.3) is 0 Å². The van der Waals surface area contributed by atoms with Crippen molar-refractivity contribution in [2.45, 2.75) is 59.5 Å². The van der Waals surface area contributed by atoms with Crippen LogP contribution in [0.2, 0.25) is 0 Å². The van der Waals surface area contributed by atoms with Gasteiger partial charge in [0.2, 0.25) is 0 Å². The molecule has 1 aliphatic heterocycles. The zero-order valence-corrected chi connectivity index (χ0v) is 20.2. The van der Waals surface area contributed by atoms with Crippen molar-refractivity contribution >= 4 is 17.7 Å². The number of hydrogen-bond acceptors (Lipinski definition) is 7. The number of benzene rings is 1. The normalized spacial score (nSPS) is 22.6. The van der Waals surface area contributed by atoms with Gasteiger partial charge >= 0.3 is 11.9 Å². The first kappa shape index (κ1) is 24.6. The molecule has 0 unspecified atom stereocenters. The number of dihydropyridines is 1. The summed E-state index contributed by atoms with van der Waals surface area (Å²) in [5, 5.41) is 3.26. The summed E-state index contributed by atoms with van der Waals surface area (Å²) in [5.74, 6) is -2.43. The highest BCUT2D eigenvalue weighted by atomic mass is 16.5. The molecular weight excluding hydrogens is 422 g/mol. The number of rotatable bonds is 7. The zero-order valence-electron chi connectivity index (χ0n) is 20.2. The molecule has 7 heteroatoms. The van der Waals surface area contributed by atoms with E-state index in [0.29, 0.717) is 35.6 Å². The molecular formula is C26H33NO6. The standard InChI is InChI=1S/C26H33NO6/c1-7-12-32-18-10-8-17(9-11-18)22-21(26(30)33-14(2)3)16(5)27-19-13-15(4)20(25(29)31-6)24(28)23(19)22/h8-11,14-15,20,22,27H,7,12-13H2,1-6H3/t15-,20+,22-/m1/s1. The largest absolute Gasteiger partial charge is 0.494 e. The molecule has 0 saturated carbocycles. The van der Waals surface area contributed by atoms with Gasteiger partial charge in [0.05, 0.1) is 25.4 Å². The van der Waals surface area contributed by atoms with Crippen LogP contribution in [-0.2, 0) is 23.9 Å². The van der Waals surface area contributed by atoms with E-state index in [-0.39, 0.29) is 17.8 Å². The molecule has 178 valence electrons. The summed E-state index contributed by atoms with van der Waals surface area (Å²) in [5.41, 5.74) is 2.94. The number of allylic oxidation sites excluding steroid dienone is 3. The molecule has 1 heterocycles.